The first-order valence-corrected chi connectivity index (χ1v) is 11.4. The van der Waals surface area contributed by atoms with Crippen LogP contribution in [0.25, 0.3) is 21.3 Å². The summed E-state index contributed by atoms with van der Waals surface area (Å²) in [5, 5.41) is 6.85. The molecule has 0 saturated carbocycles. The Hall–Kier alpha value is -3.10. The molecule has 2 heterocycles. The number of amides is 1. The average molecular weight is 452 g/mol. The Morgan fingerprint density at radius 2 is 1.87 bits per heavy atom. The van der Waals surface area contributed by atoms with Crippen molar-refractivity contribution in [2.45, 2.75) is 11.6 Å². The number of hydrogen-bond donors (Lipinski definition) is 1. The molecule has 0 fully saturated rings. The van der Waals surface area contributed by atoms with Crippen LogP contribution in [0.1, 0.15) is 5.56 Å². The number of ether oxygens (including phenoxy) is 2. The van der Waals surface area contributed by atoms with Crippen molar-refractivity contribution in [2.24, 2.45) is 0 Å². The van der Waals surface area contributed by atoms with Gasteiger partial charge in [-0.1, -0.05) is 48.2 Å². The minimum Gasteiger partial charge on any atom is -0.493 e. The smallest absolute Gasteiger partial charge is 0.230 e. The molecule has 0 bridgehead atoms. The lowest BCUT2D eigenvalue weighted by Gasteiger charge is -2.10. The molecule has 8 heteroatoms. The van der Waals surface area contributed by atoms with Crippen LogP contribution in [0.5, 0.6) is 11.5 Å². The van der Waals surface area contributed by atoms with Gasteiger partial charge in [0.15, 0.2) is 11.5 Å². The number of benzene rings is 2. The zero-order chi connectivity index (χ0) is 21.6. The molecule has 6 nitrogen and oxygen atoms in total. The van der Waals surface area contributed by atoms with Crippen molar-refractivity contribution in [1.82, 2.24) is 15.3 Å². The second kappa shape index (κ2) is 9.80. The van der Waals surface area contributed by atoms with E-state index in [1.54, 1.807) is 31.9 Å². The number of hydrogen-bond acceptors (Lipinski definition) is 7. The van der Waals surface area contributed by atoms with Gasteiger partial charge in [0, 0.05) is 17.5 Å². The van der Waals surface area contributed by atoms with Gasteiger partial charge in [-0.3, -0.25) is 4.79 Å². The zero-order valence-corrected chi connectivity index (χ0v) is 18.8. The summed E-state index contributed by atoms with van der Waals surface area (Å²) >= 11 is 3.00. The minimum atomic E-state index is -0.0666. The third kappa shape index (κ3) is 4.81. The Morgan fingerprint density at radius 3 is 2.65 bits per heavy atom. The van der Waals surface area contributed by atoms with Gasteiger partial charge in [-0.25, -0.2) is 9.97 Å². The Bertz CT molecular complexity index is 1200. The number of aromatic nitrogens is 2. The second-order valence-corrected chi connectivity index (χ2v) is 8.45. The zero-order valence-electron chi connectivity index (χ0n) is 17.1. The fraction of sp³-hybridized carbons (Fsp3) is 0.174. The van der Waals surface area contributed by atoms with E-state index >= 15 is 0 Å². The molecule has 0 atom stereocenters. The first-order chi connectivity index (χ1) is 15.2. The topological polar surface area (TPSA) is 73.3 Å². The molecule has 2 aromatic heterocycles. The molecule has 0 unspecified atom stereocenters. The maximum absolute atomic E-state index is 12.5. The minimum absolute atomic E-state index is 0.0666. The number of rotatable bonds is 8. The number of thioether (sulfide) groups is 1. The van der Waals surface area contributed by atoms with Gasteiger partial charge in [0.25, 0.3) is 0 Å². The van der Waals surface area contributed by atoms with Gasteiger partial charge in [0.1, 0.15) is 16.2 Å². The van der Waals surface area contributed by atoms with E-state index in [-0.39, 0.29) is 11.7 Å². The average Bonchev–Trinajstić information content (AvgIpc) is 3.26. The number of carbonyl (C=O) groups excluding carboxylic acids is 1. The number of thiophene rings is 1. The summed E-state index contributed by atoms with van der Waals surface area (Å²) in [5.41, 5.74) is 3.14. The normalized spacial score (nSPS) is 10.8. The molecule has 0 aliphatic heterocycles. The van der Waals surface area contributed by atoms with Crippen LogP contribution in [0.4, 0.5) is 0 Å². The molecule has 4 aromatic rings. The molecule has 0 aliphatic carbocycles. The summed E-state index contributed by atoms with van der Waals surface area (Å²) in [6.45, 7) is 0.409. The molecule has 158 valence electrons. The summed E-state index contributed by atoms with van der Waals surface area (Å²) < 4.78 is 10.6. The summed E-state index contributed by atoms with van der Waals surface area (Å²) in [7, 11) is 3.19. The summed E-state index contributed by atoms with van der Waals surface area (Å²) in [6, 6.07) is 15.7. The number of fused-ring (bicyclic) bond motifs is 1. The largest absolute Gasteiger partial charge is 0.493 e. The van der Waals surface area contributed by atoms with Crippen LogP contribution < -0.4 is 14.8 Å². The van der Waals surface area contributed by atoms with Crippen LogP contribution in [0.3, 0.4) is 0 Å². The number of methoxy groups -OCH3 is 2. The van der Waals surface area contributed by atoms with Gasteiger partial charge < -0.3 is 14.8 Å². The number of nitrogens with one attached hydrogen (secondary N) is 1. The van der Waals surface area contributed by atoms with Crippen LogP contribution in [0.2, 0.25) is 0 Å². The highest BCUT2D eigenvalue weighted by molar-refractivity contribution is 8.00. The van der Waals surface area contributed by atoms with Gasteiger partial charge in [-0.15, -0.1) is 11.3 Å². The van der Waals surface area contributed by atoms with Crippen LogP contribution in [0, 0.1) is 0 Å². The molecule has 1 amide bonds. The van der Waals surface area contributed by atoms with Crippen molar-refractivity contribution in [3.8, 4) is 22.6 Å². The lowest BCUT2D eigenvalue weighted by Crippen LogP contribution is -2.24. The first kappa shape index (κ1) is 21.1. The molecule has 2 aromatic carbocycles. The summed E-state index contributed by atoms with van der Waals surface area (Å²) in [5.74, 6) is 1.50. The molecule has 31 heavy (non-hydrogen) atoms. The van der Waals surface area contributed by atoms with E-state index in [1.165, 1.54) is 11.8 Å². The predicted octanol–water partition coefficient (Wildman–Crippen LogP) is 4.78. The van der Waals surface area contributed by atoms with Gasteiger partial charge in [-0.2, -0.15) is 0 Å². The quantitative estimate of drug-likeness (QED) is 0.307. The Labute approximate surface area is 188 Å². The standard InChI is InChI=1S/C23H21N3O3S2/c1-28-18-9-8-15(10-19(18)29-2)11-24-20(27)13-31-23-21-17(16-6-4-3-5-7-16)12-30-22(21)25-14-26-23/h3-10,12,14H,11,13H2,1-2H3,(H,24,27). The highest BCUT2D eigenvalue weighted by Gasteiger charge is 2.15. The summed E-state index contributed by atoms with van der Waals surface area (Å²) in [4.78, 5) is 22.2. The van der Waals surface area contributed by atoms with Crippen molar-refractivity contribution in [3.63, 3.8) is 0 Å². The highest BCUT2D eigenvalue weighted by Crippen LogP contribution is 2.37. The maximum Gasteiger partial charge on any atom is 0.230 e. The molecular formula is C23H21N3O3S2. The van der Waals surface area contributed by atoms with Crippen LogP contribution in [-0.4, -0.2) is 35.8 Å². The summed E-state index contributed by atoms with van der Waals surface area (Å²) in [6.07, 6.45) is 1.55. The van der Waals surface area contributed by atoms with E-state index in [0.29, 0.717) is 18.0 Å². The van der Waals surface area contributed by atoms with E-state index in [4.69, 9.17) is 9.47 Å². The van der Waals surface area contributed by atoms with E-state index in [1.807, 2.05) is 36.4 Å². The van der Waals surface area contributed by atoms with Crippen LogP contribution >= 0.6 is 23.1 Å². The van der Waals surface area contributed by atoms with E-state index in [9.17, 15) is 4.79 Å². The van der Waals surface area contributed by atoms with Gasteiger partial charge in [-0.05, 0) is 23.3 Å². The second-order valence-electron chi connectivity index (χ2n) is 6.63. The molecule has 0 radical (unpaired) electrons. The maximum atomic E-state index is 12.5. The molecule has 0 saturated heterocycles. The third-order valence-corrected chi connectivity index (χ3v) is 6.57. The lowest BCUT2D eigenvalue weighted by molar-refractivity contribution is -0.118. The van der Waals surface area contributed by atoms with Crippen molar-refractivity contribution in [3.05, 3.63) is 65.8 Å². The van der Waals surface area contributed by atoms with Crippen LogP contribution in [-0.2, 0) is 11.3 Å². The highest BCUT2D eigenvalue weighted by atomic mass is 32.2. The Balaban J connectivity index is 1.44. The molecule has 0 spiro atoms. The van der Waals surface area contributed by atoms with Crippen molar-refractivity contribution in [1.29, 1.82) is 0 Å². The SMILES string of the molecule is COc1ccc(CNC(=O)CSc2ncnc3scc(-c4ccccc4)c23)cc1OC. The molecular weight excluding hydrogens is 430 g/mol. The van der Waals surface area contributed by atoms with Gasteiger partial charge >= 0.3 is 0 Å². The Kier molecular flexibility index (Phi) is 6.69. The van der Waals surface area contributed by atoms with E-state index in [2.05, 4.69) is 32.8 Å². The van der Waals surface area contributed by atoms with Crippen molar-refractivity contribution in [2.75, 3.05) is 20.0 Å². The number of carbonyl (C=O) groups is 1. The van der Waals surface area contributed by atoms with E-state index < -0.39 is 0 Å². The van der Waals surface area contributed by atoms with Gasteiger partial charge in [0.2, 0.25) is 5.91 Å². The third-order valence-electron chi connectivity index (χ3n) is 4.70. The molecule has 0 aliphatic rings. The first-order valence-electron chi connectivity index (χ1n) is 9.57. The Morgan fingerprint density at radius 1 is 1.06 bits per heavy atom. The fourth-order valence-electron chi connectivity index (χ4n) is 3.16. The van der Waals surface area contributed by atoms with Gasteiger partial charge in [0.05, 0.1) is 25.4 Å². The molecule has 1 N–H and O–H groups in total. The number of nitrogens with zero attached hydrogens (tertiary/aromatic N) is 2. The predicted molar refractivity (Wildman–Crippen MR) is 125 cm³/mol. The molecule has 4 rings (SSSR count). The lowest BCUT2D eigenvalue weighted by atomic mass is 10.1. The van der Waals surface area contributed by atoms with Crippen molar-refractivity contribution >= 4 is 39.2 Å². The van der Waals surface area contributed by atoms with Crippen LogP contribution in [0.15, 0.2) is 65.3 Å². The van der Waals surface area contributed by atoms with Crippen molar-refractivity contribution < 1.29 is 14.3 Å². The van der Waals surface area contributed by atoms with E-state index in [0.717, 1.165) is 31.9 Å². The monoisotopic (exact) mass is 451 g/mol. The fourth-order valence-corrected chi connectivity index (χ4v) is 4.99.